The van der Waals surface area contributed by atoms with E-state index in [2.05, 4.69) is 5.32 Å². The lowest BCUT2D eigenvalue weighted by Crippen LogP contribution is -2.49. The van der Waals surface area contributed by atoms with Crippen LogP contribution in [0.2, 0.25) is 5.02 Å². The van der Waals surface area contributed by atoms with Crippen molar-refractivity contribution < 1.29 is 14.3 Å². The van der Waals surface area contributed by atoms with Crippen LogP contribution in [0.25, 0.3) is 10.8 Å². The number of halogens is 1. The third kappa shape index (κ3) is 6.01. The van der Waals surface area contributed by atoms with Gasteiger partial charge in [0.15, 0.2) is 6.61 Å². The zero-order valence-electron chi connectivity index (χ0n) is 18.7. The molecular formula is C26H29ClN2O3. The molecule has 0 saturated heterocycles. The second kappa shape index (κ2) is 11.0. The van der Waals surface area contributed by atoms with Gasteiger partial charge in [-0.1, -0.05) is 80.0 Å². The number of hydrogen-bond donors (Lipinski definition) is 1. The van der Waals surface area contributed by atoms with Crippen molar-refractivity contribution in [3.8, 4) is 5.75 Å². The van der Waals surface area contributed by atoms with Crippen molar-refractivity contribution in [2.75, 3.05) is 13.2 Å². The van der Waals surface area contributed by atoms with Crippen molar-refractivity contribution >= 4 is 34.2 Å². The maximum atomic E-state index is 13.2. The number of amides is 2. The lowest BCUT2D eigenvalue weighted by Gasteiger charge is -2.29. The fourth-order valence-electron chi connectivity index (χ4n) is 3.39. The van der Waals surface area contributed by atoms with E-state index in [0.29, 0.717) is 23.2 Å². The molecule has 1 atom stereocenters. The summed E-state index contributed by atoms with van der Waals surface area (Å²) in [5.41, 5.74) is 0.774. The van der Waals surface area contributed by atoms with Gasteiger partial charge >= 0.3 is 0 Å². The molecule has 3 rings (SSSR count). The third-order valence-electron chi connectivity index (χ3n) is 5.25. The van der Waals surface area contributed by atoms with Crippen LogP contribution in [0.4, 0.5) is 0 Å². The van der Waals surface area contributed by atoms with E-state index in [0.717, 1.165) is 16.3 Å². The van der Waals surface area contributed by atoms with Crippen LogP contribution >= 0.6 is 11.6 Å². The second-order valence-corrected chi connectivity index (χ2v) is 8.60. The van der Waals surface area contributed by atoms with Crippen LogP contribution in [0.3, 0.4) is 0 Å². The normalized spacial score (nSPS) is 11.9. The molecular weight excluding hydrogens is 424 g/mol. The van der Waals surface area contributed by atoms with Crippen LogP contribution < -0.4 is 10.1 Å². The van der Waals surface area contributed by atoms with E-state index in [1.54, 1.807) is 13.0 Å². The highest BCUT2D eigenvalue weighted by atomic mass is 35.5. The zero-order valence-corrected chi connectivity index (χ0v) is 19.4. The molecule has 6 heteroatoms. The molecule has 0 fully saturated rings. The first-order valence-corrected chi connectivity index (χ1v) is 11.2. The Bertz CT molecular complexity index is 1080. The van der Waals surface area contributed by atoms with E-state index in [1.807, 2.05) is 74.5 Å². The molecule has 0 aromatic heterocycles. The first-order chi connectivity index (χ1) is 15.4. The van der Waals surface area contributed by atoms with Crippen LogP contribution in [0.5, 0.6) is 5.75 Å². The molecule has 0 aliphatic rings. The molecule has 0 unspecified atom stereocenters. The zero-order chi connectivity index (χ0) is 23.1. The summed E-state index contributed by atoms with van der Waals surface area (Å²) in [7, 11) is 0. The number of benzene rings is 3. The molecule has 0 radical (unpaired) electrons. The lowest BCUT2D eigenvalue weighted by atomic mass is 10.1. The summed E-state index contributed by atoms with van der Waals surface area (Å²) < 4.78 is 5.90. The number of carbonyl (C=O) groups is 2. The number of nitrogens with one attached hydrogen (secondary N) is 1. The minimum absolute atomic E-state index is 0.180. The Morgan fingerprint density at radius 3 is 2.41 bits per heavy atom. The molecule has 2 amide bonds. The van der Waals surface area contributed by atoms with Gasteiger partial charge in [-0.3, -0.25) is 9.59 Å². The van der Waals surface area contributed by atoms with Crippen LogP contribution in [0.15, 0.2) is 66.7 Å². The van der Waals surface area contributed by atoms with Gasteiger partial charge < -0.3 is 15.0 Å². The number of fused-ring (bicyclic) bond motifs is 1. The molecule has 0 saturated carbocycles. The summed E-state index contributed by atoms with van der Waals surface area (Å²) in [6.45, 7) is 6.35. The summed E-state index contributed by atoms with van der Waals surface area (Å²) in [4.78, 5) is 27.5. The van der Waals surface area contributed by atoms with Gasteiger partial charge in [-0.15, -0.1) is 0 Å². The third-order valence-corrected chi connectivity index (χ3v) is 5.62. The Labute approximate surface area is 194 Å². The Morgan fingerprint density at radius 1 is 0.969 bits per heavy atom. The summed E-state index contributed by atoms with van der Waals surface area (Å²) >= 11 is 6.33. The average molecular weight is 453 g/mol. The molecule has 0 aliphatic heterocycles. The van der Waals surface area contributed by atoms with Crippen LogP contribution in [-0.4, -0.2) is 35.9 Å². The van der Waals surface area contributed by atoms with Gasteiger partial charge in [0.05, 0.1) is 0 Å². The number of hydrogen-bond acceptors (Lipinski definition) is 3. The van der Waals surface area contributed by atoms with E-state index < -0.39 is 6.04 Å². The molecule has 0 spiro atoms. The maximum absolute atomic E-state index is 13.2. The molecule has 0 heterocycles. The van der Waals surface area contributed by atoms with Crippen LogP contribution in [0, 0.1) is 5.92 Å². The Hall–Kier alpha value is -3.05. The van der Waals surface area contributed by atoms with Gasteiger partial charge in [0.2, 0.25) is 5.91 Å². The average Bonchev–Trinajstić information content (AvgIpc) is 2.80. The number of nitrogens with zero attached hydrogens (tertiary/aromatic N) is 1. The van der Waals surface area contributed by atoms with Gasteiger partial charge in [-0.05, 0) is 35.9 Å². The van der Waals surface area contributed by atoms with Gasteiger partial charge in [0.1, 0.15) is 11.8 Å². The Morgan fingerprint density at radius 2 is 1.66 bits per heavy atom. The van der Waals surface area contributed by atoms with Crippen molar-refractivity contribution in [3.05, 3.63) is 77.3 Å². The Balaban J connectivity index is 1.78. The molecule has 32 heavy (non-hydrogen) atoms. The summed E-state index contributed by atoms with van der Waals surface area (Å²) in [5, 5.41) is 5.43. The molecule has 3 aromatic carbocycles. The number of carbonyl (C=O) groups excluding carboxylic acids is 2. The van der Waals surface area contributed by atoms with E-state index in [-0.39, 0.29) is 25.0 Å². The minimum Gasteiger partial charge on any atom is -0.483 e. The van der Waals surface area contributed by atoms with E-state index in [1.165, 1.54) is 4.90 Å². The highest BCUT2D eigenvalue weighted by Crippen LogP contribution is 2.25. The first-order valence-electron chi connectivity index (χ1n) is 10.8. The topological polar surface area (TPSA) is 58.6 Å². The molecule has 168 valence electrons. The predicted molar refractivity (Wildman–Crippen MR) is 129 cm³/mol. The highest BCUT2D eigenvalue weighted by molar-refractivity contribution is 6.31. The fourth-order valence-corrected chi connectivity index (χ4v) is 3.58. The summed E-state index contributed by atoms with van der Waals surface area (Å²) in [6, 6.07) is 20.2. The van der Waals surface area contributed by atoms with E-state index >= 15 is 0 Å². The largest absolute Gasteiger partial charge is 0.483 e. The van der Waals surface area contributed by atoms with Gasteiger partial charge in [-0.25, -0.2) is 0 Å². The van der Waals surface area contributed by atoms with E-state index in [4.69, 9.17) is 16.3 Å². The Kier molecular flexibility index (Phi) is 8.12. The van der Waals surface area contributed by atoms with Crippen molar-refractivity contribution in [1.29, 1.82) is 0 Å². The molecule has 0 aliphatic carbocycles. The minimum atomic E-state index is -0.673. The summed E-state index contributed by atoms with van der Waals surface area (Å²) in [6.07, 6.45) is 0. The monoisotopic (exact) mass is 452 g/mol. The van der Waals surface area contributed by atoms with Crippen molar-refractivity contribution in [2.24, 2.45) is 5.92 Å². The van der Waals surface area contributed by atoms with Crippen LogP contribution in [-0.2, 0) is 16.1 Å². The molecule has 1 N–H and O–H groups in total. The fraction of sp³-hybridized carbons (Fsp3) is 0.308. The van der Waals surface area contributed by atoms with Gasteiger partial charge in [0, 0.05) is 23.5 Å². The molecule has 3 aromatic rings. The highest BCUT2D eigenvalue weighted by Gasteiger charge is 2.27. The van der Waals surface area contributed by atoms with Gasteiger partial charge in [0.25, 0.3) is 5.91 Å². The first kappa shape index (κ1) is 23.6. The van der Waals surface area contributed by atoms with Crippen molar-refractivity contribution in [1.82, 2.24) is 10.2 Å². The van der Waals surface area contributed by atoms with Crippen LogP contribution in [0.1, 0.15) is 26.3 Å². The lowest BCUT2D eigenvalue weighted by molar-refractivity contribution is -0.142. The van der Waals surface area contributed by atoms with Gasteiger partial charge in [-0.2, -0.15) is 0 Å². The quantitative estimate of drug-likeness (QED) is 0.493. The predicted octanol–water partition coefficient (Wildman–Crippen LogP) is 5.06. The molecule has 0 bridgehead atoms. The summed E-state index contributed by atoms with van der Waals surface area (Å²) in [5.74, 6) is 0.453. The van der Waals surface area contributed by atoms with Crippen molar-refractivity contribution in [2.45, 2.75) is 33.4 Å². The molecule has 5 nitrogen and oxygen atoms in total. The smallest absolute Gasteiger partial charge is 0.261 e. The number of rotatable bonds is 9. The van der Waals surface area contributed by atoms with Crippen molar-refractivity contribution in [3.63, 3.8) is 0 Å². The SMILES string of the molecule is CC(C)CNC(=O)[C@H](C)N(Cc1ccccc1Cl)C(=O)COc1cccc2ccccc12. The van der Waals surface area contributed by atoms with E-state index in [9.17, 15) is 9.59 Å². The second-order valence-electron chi connectivity index (χ2n) is 8.19. The standard InChI is InChI=1S/C26H29ClN2O3/c1-18(2)15-28-26(31)19(3)29(16-21-10-5-7-13-23(21)27)25(30)17-32-24-14-8-11-20-9-4-6-12-22(20)24/h4-14,18-19H,15-17H2,1-3H3,(H,28,31)/t19-/m0/s1. The maximum Gasteiger partial charge on any atom is 0.261 e. The number of ether oxygens (including phenoxy) is 1.